The highest BCUT2D eigenvalue weighted by Gasteiger charge is 2.33. The smallest absolute Gasteiger partial charge is 0.251 e. The number of benzene rings is 2. The predicted octanol–water partition coefficient (Wildman–Crippen LogP) is 3.05. The molecule has 0 radical (unpaired) electrons. The van der Waals surface area contributed by atoms with Crippen LogP contribution in [0.5, 0.6) is 0 Å². The Kier molecular flexibility index (Phi) is 7.14. The van der Waals surface area contributed by atoms with Crippen molar-refractivity contribution in [3.05, 3.63) is 65.2 Å². The SMILES string of the molecule is CC1CN(S(=O)(=O)c2cccc(C(=O)NCC(C)(C)N3CCc4ccccc4C3)c2)CC(C)O1. The highest BCUT2D eigenvalue weighted by molar-refractivity contribution is 7.89. The number of nitrogens with zero attached hydrogens (tertiary/aromatic N) is 2. The Morgan fingerprint density at radius 3 is 2.44 bits per heavy atom. The molecule has 2 unspecified atom stereocenters. The fraction of sp³-hybridized carbons (Fsp3) is 0.500. The fourth-order valence-corrected chi connectivity index (χ4v) is 6.43. The molecule has 0 bridgehead atoms. The lowest BCUT2D eigenvalue weighted by molar-refractivity contribution is -0.0440. The minimum atomic E-state index is -3.71. The molecule has 2 aliphatic heterocycles. The molecule has 0 aromatic heterocycles. The molecule has 0 aliphatic carbocycles. The van der Waals surface area contributed by atoms with E-state index in [1.54, 1.807) is 18.2 Å². The summed E-state index contributed by atoms with van der Waals surface area (Å²) in [5, 5.41) is 3.02. The number of hydrogen-bond acceptors (Lipinski definition) is 5. The van der Waals surface area contributed by atoms with Crippen LogP contribution in [-0.4, -0.2) is 67.5 Å². The first-order valence-electron chi connectivity index (χ1n) is 11.9. The molecule has 2 heterocycles. The second-order valence-corrected chi connectivity index (χ2v) is 12.0. The summed E-state index contributed by atoms with van der Waals surface area (Å²) < 4.78 is 33.5. The zero-order chi connectivity index (χ0) is 24.5. The van der Waals surface area contributed by atoms with Crippen LogP contribution in [0.15, 0.2) is 53.4 Å². The third-order valence-electron chi connectivity index (χ3n) is 6.79. The van der Waals surface area contributed by atoms with Crippen molar-refractivity contribution in [1.82, 2.24) is 14.5 Å². The first-order valence-corrected chi connectivity index (χ1v) is 13.4. The molecule has 8 heteroatoms. The van der Waals surface area contributed by atoms with Gasteiger partial charge in [0.1, 0.15) is 0 Å². The monoisotopic (exact) mass is 485 g/mol. The van der Waals surface area contributed by atoms with Gasteiger partial charge in [-0.1, -0.05) is 30.3 Å². The molecule has 2 aliphatic rings. The van der Waals surface area contributed by atoms with Gasteiger partial charge in [-0.2, -0.15) is 4.31 Å². The average molecular weight is 486 g/mol. The normalized spacial score (nSPS) is 22.2. The van der Waals surface area contributed by atoms with Gasteiger partial charge in [0.25, 0.3) is 5.91 Å². The minimum Gasteiger partial charge on any atom is -0.373 e. The molecule has 2 atom stereocenters. The zero-order valence-corrected chi connectivity index (χ0v) is 21.3. The Labute approximate surface area is 203 Å². The van der Waals surface area contributed by atoms with Crippen molar-refractivity contribution >= 4 is 15.9 Å². The first kappa shape index (κ1) is 24.9. The van der Waals surface area contributed by atoms with Crippen LogP contribution in [-0.2, 0) is 27.7 Å². The van der Waals surface area contributed by atoms with Gasteiger partial charge in [-0.3, -0.25) is 9.69 Å². The molecule has 2 aromatic rings. The summed E-state index contributed by atoms with van der Waals surface area (Å²) in [4.78, 5) is 15.5. The number of rotatable bonds is 6. The van der Waals surface area contributed by atoms with Gasteiger partial charge >= 0.3 is 0 Å². The lowest BCUT2D eigenvalue weighted by atomic mass is 9.94. The van der Waals surface area contributed by atoms with Crippen molar-refractivity contribution in [2.45, 2.75) is 63.3 Å². The maximum Gasteiger partial charge on any atom is 0.251 e. The van der Waals surface area contributed by atoms with Gasteiger partial charge in [0.05, 0.1) is 17.1 Å². The quantitative estimate of drug-likeness (QED) is 0.680. The molecule has 1 saturated heterocycles. The van der Waals surface area contributed by atoms with Crippen molar-refractivity contribution in [2.75, 3.05) is 26.2 Å². The van der Waals surface area contributed by atoms with Crippen LogP contribution >= 0.6 is 0 Å². The van der Waals surface area contributed by atoms with Crippen LogP contribution in [0.2, 0.25) is 0 Å². The highest BCUT2D eigenvalue weighted by atomic mass is 32.2. The Morgan fingerprint density at radius 1 is 1.06 bits per heavy atom. The van der Waals surface area contributed by atoms with Crippen LogP contribution in [0.4, 0.5) is 0 Å². The summed E-state index contributed by atoms with van der Waals surface area (Å²) in [6, 6.07) is 14.8. The molecule has 1 fully saturated rings. The van der Waals surface area contributed by atoms with E-state index in [2.05, 4.69) is 48.3 Å². The molecular formula is C26H35N3O4S. The van der Waals surface area contributed by atoms with Gasteiger partial charge in [0.2, 0.25) is 10.0 Å². The van der Waals surface area contributed by atoms with E-state index in [0.717, 1.165) is 19.5 Å². The van der Waals surface area contributed by atoms with E-state index >= 15 is 0 Å². The molecular weight excluding hydrogens is 450 g/mol. The van der Waals surface area contributed by atoms with Crippen LogP contribution in [0.1, 0.15) is 49.2 Å². The fourth-order valence-electron chi connectivity index (χ4n) is 4.80. The molecule has 1 N–H and O–H groups in total. The van der Waals surface area contributed by atoms with Crippen molar-refractivity contribution < 1.29 is 17.9 Å². The summed E-state index contributed by atoms with van der Waals surface area (Å²) >= 11 is 0. The first-order chi connectivity index (χ1) is 16.1. The minimum absolute atomic E-state index is 0.133. The van der Waals surface area contributed by atoms with Crippen LogP contribution < -0.4 is 5.32 Å². The van der Waals surface area contributed by atoms with E-state index in [1.807, 2.05) is 13.8 Å². The van der Waals surface area contributed by atoms with Crippen LogP contribution in [0.25, 0.3) is 0 Å². The molecule has 184 valence electrons. The Bertz CT molecular complexity index is 1140. The summed E-state index contributed by atoms with van der Waals surface area (Å²) in [5.41, 5.74) is 2.82. The summed E-state index contributed by atoms with van der Waals surface area (Å²) in [7, 11) is -3.71. The number of carbonyl (C=O) groups excluding carboxylic acids is 1. The van der Waals surface area contributed by atoms with Gasteiger partial charge in [-0.15, -0.1) is 0 Å². The number of ether oxygens (including phenoxy) is 1. The standard InChI is InChI=1S/C26H35N3O4S/c1-19-15-29(16-20(2)33-19)34(31,32)24-11-7-10-22(14-24)25(30)27-18-26(3,4)28-13-12-21-8-5-6-9-23(21)17-28/h5-11,14,19-20H,12-13,15-18H2,1-4H3,(H,27,30). The topological polar surface area (TPSA) is 79.0 Å². The number of morpholine rings is 1. The van der Waals surface area contributed by atoms with Crippen molar-refractivity contribution in [3.63, 3.8) is 0 Å². The van der Waals surface area contributed by atoms with Crippen molar-refractivity contribution in [2.24, 2.45) is 0 Å². The van der Waals surface area contributed by atoms with Gasteiger partial charge in [-0.25, -0.2) is 8.42 Å². The van der Waals surface area contributed by atoms with Gasteiger partial charge < -0.3 is 10.1 Å². The number of sulfonamides is 1. The van der Waals surface area contributed by atoms with E-state index in [9.17, 15) is 13.2 Å². The lowest BCUT2D eigenvalue weighted by Gasteiger charge is -2.41. The lowest BCUT2D eigenvalue weighted by Crippen LogP contribution is -2.53. The number of amides is 1. The van der Waals surface area contributed by atoms with E-state index in [-0.39, 0.29) is 28.5 Å². The third kappa shape index (κ3) is 5.35. The molecule has 4 rings (SSSR count). The molecule has 1 amide bonds. The predicted molar refractivity (Wildman–Crippen MR) is 132 cm³/mol. The van der Waals surface area contributed by atoms with Crippen molar-refractivity contribution in [1.29, 1.82) is 0 Å². The van der Waals surface area contributed by atoms with Gasteiger partial charge in [-0.05, 0) is 63.4 Å². The average Bonchev–Trinajstić information content (AvgIpc) is 2.81. The Hall–Kier alpha value is -2.26. The summed E-state index contributed by atoms with van der Waals surface area (Å²) in [6.45, 7) is 10.8. The van der Waals surface area contributed by atoms with E-state index in [0.29, 0.717) is 25.2 Å². The molecule has 0 spiro atoms. The number of fused-ring (bicyclic) bond motifs is 1. The van der Waals surface area contributed by atoms with Crippen LogP contribution in [0, 0.1) is 0 Å². The molecule has 0 saturated carbocycles. The second-order valence-electron chi connectivity index (χ2n) is 10.0. The number of hydrogen-bond donors (Lipinski definition) is 1. The molecule has 7 nitrogen and oxygen atoms in total. The summed E-state index contributed by atoms with van der Waals surface area (Å²) in [5.74, 6) is -0.272. The maximum absolute atomic E-state index is 13.2. The van der Waals surface area contributed by atoms with Crippen molar-refractivity contribution in [3.8, 4) is 0 Å². The Morgan fingerprint density at radius 2 is 1.74 bits per heavy atom. The van der Waals surface area contributed by atoms with Crippen LogP contribution in [0.3, 0.4) is 0 Å². The van der Waals surface area contributed by atoms with E-state index < -0.39 is 10.0 Å². The second kappa shape index (κ2) is 9.77. The third-order valence-corrected chi connectivity index (χ3v) is 8.62. The summed E-state index contributed by atoms with van der Waals surface area (Å²) in [6.07, 6.45) is 0.648. The van der Waals surface area contributed by atoms with E-state index in [1.165, 1.54) is 21.5 Å². The number of nitrogens with one attached hydrogen (secondary N) is 1. The Balaban J connectivity index is 1.42. The zero-order valence-electron chi connectivity index (χ0n) is 20.5. The highest BCUT2D eigenvalue weighted by Crippen LogP contribution is 2.25. The molecule has 2 aromatic carbocycles. The van der Waals surface area contributed by atoms with Gasteiger partial charge in [0, 0.05) is 43.8 Å². The van der Waals surface area contributed by atoms with Gasteiger partial charge in [0.15, 0.2) is 0 Å². The molecule has 34 heavy (non-hydrogen) atoms. The number of carbonyl (C=O) groups is 1. The largest absolute Gasteiger partial charge is 0.373 e. The van der Waals surface area contributed by atoms with E-state index in [4.69, 9.17) is 4.74 Å². The maximum atomic E-state index is 13.2.